The molecule has 5 rings (SSSR count). The molecule has 1 heterocycles. The Morgan fingerprint density at radius 2 is 1.63 bits per heavy atom. The topological polar surface area (TPSA) is 60.8 Å². The van der Waals surface area contributed by atoms with Gasteiger partial charge in [0.2, 0.25) is 5.91 Å². The SMILES string of the molecule is CC12CC[C@H]3[C@H](CCC4(O)C[C@@H](O)CC[C@]34C)[C@@H]1CCCN2C(=O)C1CCCCC1. The number of hydrogen-bond donors (Lipinski definition) is 2. The molecule has 30 heavy (non-hydrogen) atoms. The third-order valence-electron chi connectivity index (χ3n) is 10.9. The van der Waals surface area contributed by atoms with Gasteiger partial charge in [-0.15, -0.1) is 0 Å². The van der Waals surface area contributed by atoms with Gasteiger partial charge in [0, 0.05) is 24.4 Å². The third kappa shape index (κ3) is 3.03. The van der Waals surface area contributed by atoms with Crippen molar-refractivity contribution in [3.05, 3.63) is 0 Å². The van der Waals surface area contributed by atoms with E-state index < -0.39 is 5.60 Å². The fraction of sp³-hybridized carbons (Fsp3) is 0.962. The van der Waals surface area contributed by atoms with Crippen LogP contribution in [-0.2, 0) is 4.79 Å². The first-order valence-corrected chi connectivity index (χ1v) is 13.0. The maximum Gasteiger partial charge on any atom is 0.226 e. The summed E-state index contributed by atoms with van der Waals surface area (Å²) in [5.41, 5.74) is -0.772. The number of amides is 1. The first-order valence-electron chi connectivity index (χ1n) is 13.0. The average Bonchev–Trinajstić information content (AvgIpc) is 2.74. The second-order valence-electron chi connectivity index (χ2n) is 12.1. The highest BCUT2D eigenvalue weighted by molar-refractivity contribution is 5.80. The van der Waals surface area contributed by atoms with Crippen molar-refractivity contribution in [3.63, 3.8) is 0 Å². The summed E-state index contributed by atoms with van der Waals surface area (Å²) in [4.78, 5) is 16.0. The van der Waals surface area contributed by atoms with Gasteiger partial charge in [-0.05, 0) is 94.3 Å². The number of hydrogen-bond acceptors (Lipinski definition) is 3. The second-order valence-corrected chi connectivity index (χ2v) is 12.1. The van der Waals surface area contributed by atoms with Crippen LogP contribution in [0.4, 0.5) is 0 Å². The van der Waals surface area contributed by atoms with Crippen molar-refractivity contribution < 1.29 is 15.0 Å². The summed E-state index contributed by atoms with van der Waals surface area (Å²) in [6.45, 7) is 5.68. The lowest BCUT2D eigenvalue weighted by atomic mass is 9.43. The maximum atomic E-state index is 13.6. The minimum Gasteiger partial charge on any atom is -0.393 e. The van der Waals surface area contributed by atoms with E-state index in [9.17, 15) is 15.0 Å². The van der Waals surface area contributed by atoms with E-state index in [0.717, 1.165) is 64.3 Å². The van der Waals surface area contributed by atoms with Gasteiger partial charge in [0.25, 0.3) is 0 Å². The number of aliphatic hydroxyl groups is 2. The largest absolute Gasteiger partial charge is 0.393 e. The van der Waals surface area contributed by atoms with E-state index in [2.05, 4.69) is 18.7 Å². The lowest BCUT2D eigenvalue weighted by molar-refractivity contribution is -0.226. The number of rotatable bonds is 1. The van der Waals surface area contributed by atoms with Crippen LogP contribution in [0.5, 0.6) is 0 Å². The van der Waals surface area contributed by atoms with Crippen LogP contribution in [0.15, 0.2) is 0 Å². The molecule has 5 fully saturated rings. The molecule has 0 aromatic heterocycles. The average molecular weight is 418 g/mol. The highest BCUT2D eigenvalue weighted by Crippen LogP contribution is 2.64. The predicted molar refractivity (Wildman–Crippen MR) is 118 cm³/mol. The molecule has 2 N–H and O–H groups in total. The molecule has 0 radical (unpaired) electrons. The highest BCUT2D eigenvalue weighted by atomic mass is 16.3. The first-order chi connectivity index (χ1) is 14.3. The van der Waals surface area contributed by atoms with Crippen LogP contribution in [0, 0.1) is 29.1 Å². The summed E-state index contributed by atoms with van der Waals surface area (Å²) in [5, 5.41) is 21.9. The number of likely N-dealkylation sites (tertiary alicyclic amines) is 1. The van der Waals surface area contributed by atoms with E-state index in [1.165, 1.54) is 25.7 Å². The fourth-order valence-corrected chi connectivity index (χ4v) is 9.05. The summed E-state index contributed by atoms with van der Waals surface area (Å²) in [6.07, 6.45) is 14.4. The van der Waals surface area contributed by atoms with Crippen molar-refractivity contribution in [1.29, 1.82) is 0 Å². The number of fused-ring (bicyclic) bond motifs is 5. The van der Waals surface area contributed by atoms with Gasteiger partial charge in [0.1, 0.15) is 0 Å². The molecule has 0 aromatic carbocycles. The standard InChI is InChI=1S/C26H43NO3/c1-24-13-10-19(28)17-26(24,30)15-11-20-21(24)12-14-25(2)22(20)9-6-16-27(25)23(29)18-7-4-3-5-8-18/h18-22,28,30H,3-17H2,1-2H3/t19-,20-,21-,22-,24+,25?,26?/m0/s1. The molecule has 0 spiro atoms. The lowest BCUT2D eigenvalue weighted by Gasteiger charge is -2.66. The predicted octanol–water partition coefficient (Wildman–Crippen LogP) is 4.67. The van der Waals surface area contributed by atoms with E-state index in [-0.39, 0.29) is 23.0 Å². The molecule has 4 saturated carbocycles. The summed E-state index contributed by atoms with van der Waals surface area (Å²) in [5.74, 6) is 2.45. The molecule has 7 atom stereocenters. The third-order valence-corrected chi connectivity index (χ3v) is 10.9. The molecule has 4 heteroatoms. The Morgan fingerprint density at radius 1 is 0.867 bits per heavy atom. The zero-order valence-corrected chi connectivity index (χ0v) is 19.2. The monoisotopic (exact) mass is 417 g/mol. The molecule has 1 amide bonds. The van der Waals surface area contributed by atoms with Gasteiger partial charge in [-0.2, -0.15) is 0 Å². The Hall–Kier alpha value is -0.610. The second kappa shape index (κ2) is 7.47. The van der Waals surface area contributed by atoms with Gasteiger partial charge < -0.3 is 15.1 Å². The molecule has 0 bridgehead atoms. The Bertz CT molecular complexity index is 675. The molecule has 2 unspecified atom stereocenters. The molecule has 4 aliphatic carbocycles. The smallest absolute Gasteiger partial charge is 0.226 e. The van der Waals surface area contributed by atoms with Crippen molar-refractivity contribution >= 4 is 5.91 Å². The fourth-order valence-electron chi connectivity index (χ4n) is 9.05. The van der Waals surface area contributed by atoms with Crippen LogP contribution in [0.25, 0.3) is 0 Å². The van der Waals surface area contributed by atoms with Crippen molar-refractivity contribution in [3.8, 4) is 0 Å². The zero-order valence-electron chi connectivity index (χ0n) is 19.2. The quantitative estimate of drug-likeness (QED) is 0.652. The minimum atomic E-state index is -0.703. The number of nitrogens with zero attached hydrogens (tertiary/aromatic N) is 1. The number of piperidine rings is 1. The Labute approximate surface area is 182 Å². The summed E-state index contributed by atoms with van der Waals surface area (Å²) in [7, 11) is 0. The molecular weight excluding hydrogens is 374 g/mol. The van der Waals surface area contributed by atoms with Crippen LogP contribution in [0.1, 0.15) is 104 Å². The van der Waals surface area contributed by atoms with Gasteiger partial charge >= 0.3 is 0 Å². The van der Waals surface area contributed by atoms with E-state index in [1.54, 1.807) is 0 Å². The summed E-state index contributed by atoms with van der Waals surface area (Å²) >= 11 is 0. The molecule has 0 aromatic rings. The zero-order chi connectivity index (χ0) is 21.1. The molecular formula is C26H43NO3. The van der Waals surface area contributed by atoms with Gasteiger partial charge in [-0.3, -0.25) is 4.79 Å². The van der Waals surface area contributed by atoms with Crippen molar-refractivity contribution in [2.24, 2.45) is 29.1 Å². The number of carbonyl (C=O) groups excluding carboxylic acids is 1. The van der Waals surface area contributed by atoms with Gasteiger partial charge in [-0.25, -0.2) is 0 Å². The molecule has 4 nitrogen and oxygen atoms in total. The Balaban J connectivity index is 1.40. The van der Waals surface area contributed by atoms with E-state index >= 15 is 0 Å². The Morgan fingerprint density at radius 3 is 2.40 bits per heavy atom. The van der Waals surface area contributed by atoms with Crippen LogP contribution in [0.2, 0.25) is 0 Å². The molecule has 1 saturated heterocycles. The summed E-state index contributed by atoms with van der Waals surface area (Å²) in [6, 6.07) is 0. The van der Waals surface area contributed by atoms with Crippen LogP contribution < -0.4 is 0 Å². The maximum absolute atomic E-state index is 13.6. The highest BCUT2D eigenvalue weighted by Gasteiger charge is 2.64. The van der Waals surface area contributed by atoms with Gasteiger partial charge in [-0.1, -0.05) is 26.2 Å². The first kappa shape index (κ1) is 21.2. The van der Waals surface area contributed by atoms with E-state index in [1.807, 2.05) is 0 Å². The molecule has 170 valence electrons. The number of carbonyl (C=O) groups is 1. The van der Waals surface area contributed by atoms with E-state index in [0.29, 0.717) is 30.1 Å². The van der Waals surface area contributed by atoms with Crippen LogP contribution >= 0.6 is 0 Å². The minimum absolute atomic E-state index is 0.00788. The van der Waals surface area contributed by atoms with Crippen LogP contribution in [0.3, 0.4) is 0 Å². The molecule has 5 aliphatic rings. The van der Waals surface area contributed by atoms with Crippen LogP contribution in [-0.4, -0.2) is 44.8 Å². The van der Waals surface area contributed by atoms with E-state index in [4.69, 9.17) is 0 Å². The van der Waals surface area contributed by atoms with Crippen molar-refractivity contribution in [1.82, 2.24) is 4.90 Å². The van der Waals surface area contributed by atoms with Crippen molar-refractivity contribution in [2.45, 2.75) is 121 Å². The Kier molecular flexibility index (Phi) is 5.29. The lowest BCUT2D eigenvalue weighted by Crippen LogP contribution is -2.68. The molecule has 1 aliphatic heterocycles. The van der Waals surface area contributed by atoms with Gasteiger partial charge in [0.05, 0.1) is 11.7 Å². The van der Waals surface area contributed by atoms with Gasteiger partial charge in [0.15, 0.2) is 0 Å². The normalized spacial score (nSPS) is 49.7. The number of aliphatic hydroxyl groups excluding tert-OH is 1. The van der Waals surface area contributed by atoms with Crippen molar-refractivity contribution in [2.75, 3.05) is 6.54 Å². The summed E-state index contributed by atoms with van der Waals surface area (Å²) < 4.78 is 0.